The standard InChI is InChI=1S/C19H35NO13/c1-8-11(25)13(27)15(29)17(31-8)33-16-14(28)12(26)10(3-21)32-18(16)30-7-19(5-22,6-23)4-20-9(2)24/h8,10-18,21-23,25-29H,3-7H2,1-2H3,(H,20,24)/t8?,10?,11?,12?,13?,14-,15-,16?,17?,18+/m0/s1. The number of aliphatic hydroxyl groups is 8. The van der Waals surface area contributed by atoms with Crippen molar-refractivity contribution in [2.75, 3.05) is 33.0 Å². The van der Waals surface area contributed by atoms with Gasteiger partial charge in [-0.1, -0.05) is 0 Å². The highest BCUT2D eigenvalue weighted by molar-refractivity contribution is 5.72. The molecule has 2 fully saturated rings. The van der Waals surface area contributed by atoms with E-state index in [2.05, 4.69) is 5.32 Å². The van der Waals surface area contributed by atoms with E-state index >= 15 is 0 Å². The number of hydrogen-bond acceptors (Lipinski definition) is 13. The average molecular weight is 485 g/mol. The Morgan fingerprint density at radius 1 is 0.909 bits per heavy atom. The van der Waals surface area contributed by atoms with E-state index in [1.165, 1.54) is 13.8 Å². The number of amides is 1. The summed E-state index contributed by atoms with van der Waals surface area (Å²) in [6.07, 6.45) is -14.8. The molecule has 2 aliphatic heterocycles. The van der Waals surface area contributed by atoms with Gasteiger partial charge in [0.15, 0.2) is 12.6 Å². The van der Waals surface area contributed by atoms with Crippen molar-refractivity contribution in [1.82, 2.24) is 5.32 Å². The number of ether oxygens (including phenoxy) is 4. The lowest BCUT2D eigenvalue weighted by Crippen LogP contribution is -2.64. The first-order valence-electron chi connectivity index (χ1n) is 10.6. The molecule has 0 bridgehead atoms. The molecule has 2 heterocycles. The van der Waals surface area contributed by atoms with Gasteiger partial charge in [0.2, 0.25) is 5.91 Å². The summed E-state index contributed by atoms with van der Waals surface area (Å²) in [5.41, 5.74) is -1.34. The van der Waals surface area contributed by atoms with Crippen molar-refractivity contribution in [2.24, 2.45) is 5.41 Å². The van der Waals surface area contributed by atoms with Gasteiger partial charge in [0, 0.05) is 13.5 Å². The fraction of sp³-hybridized carbons (Fsp3) is 0.947. The molecular weight excluding hydrogens is 450 g/mol. The summed E-state index contributed by atoms with van der Waals surface area (Å²) in [6, 6.07) is 0. The Balaban J connectivity index is 2.20. The molecule has 0 radical (unpaired) electrons. The second kappa shape index (κ2) is 12.1. The first kappa shape index (κ1) is 28.2. The predicted molar refractivity (Wildman–Crippen MR) is 106 cm³/mol. The SMILES string of the molecule is CC(=O)NCC(CO)(CO)CO[C@@H]1OC(CO)C(O)[C@H](O)C1OC1OC(C)C(O)C(O)[C@@H]1O. The van der Waals surface area contributed by atoms with Crippen LogP contribution in [0.2, 0.25) is 0 Å². The van der Waals surface area contributed by atoms with E-state index in [1.54, 1.807) is 0 Å². The van der Waals surface area contributed by atoms with Crippen LogP contribution >= 0.6 is 0 Å². The van der Waals surface area contributed by atoms with Gasteiger partial charge in [-0.2, -0.15) is 0 Å². The highest BCUT2D eigenvalue weighted by atomic mass is 16.8. The summed E-state index contributed by atoms with van der Waals surface area (Å²) >= 11 is 0. The van der Waals surface area contributed by atoms with E-state index in [0.29, 0.717) is 0 Å². The zero-order valence-electron chi connectivity index (χ0n) is 18.4. The third kappa shape index (κ3) is 6.56. The molecule has 0 spiro atoms. The van der Waals surface area contributed by atoms with Crippen LogP contribution in [0.15, 0.2) is 0 Å². The van der Waals surface area contributed by atoms with Crippen molar-refractivity contribution in [1.29, 1.82) is 0 Å². The Bertz CT molecular complexity index is 620. The fourth-order valence-corrected chi connectivity index (χ4v) is 3.49. The number of aliphatic hydroxyl groups excluding tert-OH is 8. The summed E-state index contributed by atoms with van der Waals surface area (Å²) in [4.78, 5) is 11.2. The van der Waals surface area contributed by atoms with E-state index in [-0.39, 0.29) is 6.54 Å². The molecule has 10 atom stereocenters. The third-order valence-corrected chi connectivity index (χ3v) is 5.86. The molecule has 2 saturated heterocycles. The number of carbonyl (C=O) groups excluding carboxylic acids is 1. The minimum atomic E-state index is -1.72. The van der Waals surface area contributed by atoms with Crippen LogP contribution in [-0.4, -0.2) is 141 Å². The van der Waals surface area contributed by atoms with Crippen molar-refractivity contribution >= 4 is 5.91 Å². The number of hydrogen-bond donors (Lipinski definition) is 9. The van der Waals surface area contributed by atoms with E-state index in [9.17, 15) is 45.6 Å². The van der Waals surface area contributed by atoms with Gasteiger partial charge in [0.25, 0.3) is 0 Å². The average Bonchev–Trinajstić information content (AvgIpc) is 2.80. The first-order valence-corrected chi connectivity index (χ1v) is 10.6. The second-order valence-electron chi connectivity index (χ2n) is 8.53. The van der Waals surface area contributed by atoms with Crippen molar-refractivity contribution in [3.63, 3.8) is 0 Å². The van der Waals surface area contributed by atoms with Gasteiger partial charge in [-0.3, -0.25) is 4.79 Å². The molecule has 9 N–H and O–H groups in total. The van der Waals surface area contributed by atoms with Crippen LogP contribution in [0.25, 0.3) is 0 Å². The predicted octanol–water partition coefficient (Wildman–Crippen LogP) is -5.24. The fourth-order valence-electron chi connectivity index (χ4n) is 3.49. The number of rotatable bonds is 10. The minimum Gasteiger partial charge on any atom is -0.396 e. The molecule has 2 aliphatic rings. The van der Waals surface area contributed by atoms with Gasteiger partial charge < -0.3 is 65.1 Å². The molecule has 0 saturated carbocycles. The van der Waals surface area contributed by atoms with E-state index < -0.39 is 99.2 Å². The molecule has 0 aromatic heterocycles. The largest absolute Gasteiger partial charge is 0.396 e. The van der Waals surface area contributed by atoms with Gasteiger partial charge in [-0.25, -0.2) is 0 Å². The van der Waals surface area contributed by atoms with Crippen LogP contribution in [-0.2, 0) is 23.7 Å². The minimum absolute atomic E-state index is 0.159. The van der Waals surface area contributed by atoms with Gasteiger partial charge in [-0.15, -0.1) is 0 Å². The summed E-state index contributed by atoms with van der Waals surface area (Å²) in [7, 11) is 0. The summed E-state index contributed by atoms with van der Waals surface area (Å²) in [5, 5.41) is 82.3. The topological polar surface area (TPSA) is 228 Å². The molecule has 7 unspecified atom stereocenters. The zero-order chi connectivity index (χ0) is 24.9. The second-order valence-corrected chi connectivity index (χ2v) is 8.53. The molecule has 33 heavy (non-hydrogen) atoms. The van der Waals surface area contributed by atoms with Crippen LogP contribution in [0, 0.1) is 5.41 Å². The molecule has 14 nitrogen and oxygen atoms in total. The van der Waals surface area contributed by atoms with Gasteiger partial charge >= 0.3 is 0 Å². The molecule has 14 heteroatoms. The first-order chi connectivity index (χ1) is 15.5. The van der Waals surface area contributed by atoms with Crippen LogP contribution in [0.3, 0.4) is 0 Å². The van der Waals surface area contributed by atoms with E-state index in [0.717, 1.165) is 0 Å². The highest BCUT2D eigenvalue weighted by Gasteiger charge is 2.50. The highest BCUT2D eigenvalue weighted by Crippen LogP contribution is 2.30. The summed E-state index contributed by atoms with van der Waals surface area (Å²) in [5.74, 6) is -0.409. The Kier molecular flexibility index (Phi) is 10.4. The van der Waals surface area contributed by atoms with Crippen molar-refractivity contribution in [3.05, 3.63) is 0 Å². The van der Waals surface area contributed by atoms with E-state index in [1.807, 2.05) is 0 Å². The van der Waals surface area contributed by atoms with Crippen molar-refractivity contribution in [3.8, 4) is 0 Å². The molecule has 0 aromatic rings. The number of carbonyl (C=O) groups is 1. The zero-order valence-corrected chi connectivity index (χ0v) is 18.4. The smallest absolute Gasteiger partial charge is 0.216 e. The molecule has 194 valence electrons. The van der Waals surface area contributed by atoms with Gasteiger partial charge in [0.1, 0.15) is 42.7 Å². The molecule has 0 aromatic carbocycles. The third-order valence-electron chi connectivity index (χ3n) is 5.86. The Hall–Kier alpha value is -1.01. The molecular formula is C19H35NO13. The van der Waals surface area contributed by atoms with Crippen molar-refractivity contribution in [2.45, 2.75) is 75.3 Å². The lowest BCUT2D eigenvalue weighted by Gasteiger charge is -2.46. The van der Waals surface area contributed by atoms with Crippen molar-refractivity contribution < 1.29 is 64.6 Å². The summed E-state index contributed by atoms with van der Waals surface area (Å²) < 4.78 is 22.0. The Labute approximate surface area is 190 Å². The lowest BCUT2D eigenvalue weighted by molar-refractivity contribution is -0.367. The molecule has 0 aliphatic carbocycles. The maximum absolute atomic E-state index is 11.2. The van der Waals surface area contributed by atoms with Crippen LogP contribution < -0.4 is 5.32 Å². The van der Waals surface area contributed by atoms with Gasteiger partial charge in [-0.05, 0) is 6.92 Å². The molecule has 1 amide bonds. The maximum Gasteiger partial charge on any atom is 0.216 e. The Morgan fingerprint density at radius 3 is 2.09 bits per heavy atom. The summed E-state index contributed by atoms with van der Waals surface area (Å²) in [6.45, 7) is 0.233. The Morgan fingerprint density at radius 2 is 1.55 bits per heavy atom. The van der Waals surface area contributed by atoms with Crippen LogP contribution in [0.1, 0.15) is 13.8 Å². The van der Waals surface area contributed by atoms with E-state index in [4.69, 9.17) is 18.9 Å². The maximum atomic E-state index is 11.2. The van der Waals surface area contributed by atoms with Crippen LogP contribution in [0.5, 0.6) is 0 Å². The lowest BCUT2D eigenvalue weighted by atomic mass is 9.91. The normalized spacial score (nSPS) is 39.9. The van der Waals surface area contributed by atoms with Gasteiger partial charge in [0.05, 0.1) is 37.9 Å². The number of nitrogens with one attached hydrogen (secondary N) is 1. The monoisotopic (exact) mass is 485 g/mol. The quantitative estimate of drug-likeness (QED) is 0.141. The van der Waals surface area contributed by atoms with Crippen LogP contribution in [0.4, 0.5) is 0 Å². The molecule has 2 rings (SSSR count).